The average Bonchev–Trinajstić information content (AvgIpc) is 2.81. The van der Waals surface area contributed by atoms with Gasteiger partial charge in [-0.3, -0.25) is 0 Å². The normalized spacial score (nSPS) is 20.5. The summed E-state index contributed by atoms with van der Waals surface area (Å²) in [6.45, 7) is 2.09. The van der Waals surface area contributed by atoms with Crippen LogP contribution in [-0.4, -0.2) is 0 Å². The van der Waals surface area contributed by atoms with Crippen LogP contribution < -0.4 is 5.73 Å². The molecule has 0 saturated heterocycles. The molecule has 1 saturated carbocycles. The third-order valence-electron chi connectivity index (χ3n) is 4.26. The van der Waals surface area contributed by atoms with Gasteiger partial charge in [0.25, 0.3) is 0 Å². The second kappa shape index (κ2) is 4.73. The van der Waals surface area contributed by atoms with Crippen molar-refractivity contribution in [1.82, 2.24) is 0 Å². The van der Waals surface area contributed by atoms with Crippen molar-refractivity contribution in [2.24, 2.45) is 11.1 Å². The Morgan fingerprint density at radius 1 is 1.29 bits per heavy atom. The predicted molar refractivity (Wildman–Crippen MR) is 64.5 cm³/mol. The van der Waals surface area contributed by atoms with Crippen LogP contribution in [0.15, 0.2) is 18.2 Å². The van der Waals surface area contributed by atoms with Crippen molar-refractivity contribution in [2.45, 2.75) is 45.1 Å². The molecule has 1 unspecified atom stereocenters. The molecule has 0 radical (unpaired) electrons. The summed E-state index contributed by atoms with van der Waals surface area (Å²) in [6.07, 6.45) is 5.22. The summed E-state index contributed by atoms with van der Waals surface area (Å²) in [4.78, 5) is 0. The van der Waals surface area contributed by atoms with E-state index in [1.165, 1.54) is 12.1 Å². The number of nitrogens with two attached hydrogens (primary N) is 1. The van der Waals surface area contributed by atoms with Crippen LogP contribution in [0.5, 0.6) is 0 Å². The zero-order valence-corrected chi connectivity index (χ0v) is 10.2. The lowest BCUT2D eigenvalue weighted by Crippen LogP contribution is -2.32. The van der Waals surface area contributed by atoms with Crippen LogP contribution in [0.1, 0.15) is 50.6 Å². The Morgan fingerprint density at radius 3 is 2.53 bits per heavy atom. The van der Waals surface area contributed by atoms with E-state index in [4.69, 9.17) is 5.73 Å². The SMILES string of the molecule is CCC1(C(N)c2cc(F)ccc2F)CCCC1. The Kier molecular flexibility index (Phi) is 3.48. The Labute approximate surface area is 101 Å². The van der Waals surface area contributed by atoms with E-state index in [0.29, 0.717) is 5.56 Å². The Hall–Kier alpha value is -0.960. The summed E-state index contributed by atoms with van der Waals surface area (Å²) < 4.78 is 26.9. The second-order valence-corrected chi connectivity index (χ2v) is 5.07. The van der Waals surface area contributed by atoms with Crippen LogP contribution in [0.25, 0.3) is 0 Å². The molecule has 1 aliphatic carbocycles. The standard InChI is InChI=1S/C14H19F2N/c1-2-14(7-3-4-8-14)13(17)11-9-10(15)5-6-12(11)16/h5-6,9,13H,2-4,7-8,17H2,1H3. The number of rotatable bonds is 3. The van der Waals surface area contributed by atoms with Crippen molar-refractivity contribution >= 4 is 0 Å². The molecule has 1 aromatic carbocycles. The summed E-state index contributed by atoms with van der Waals surface area (Å²) in [5.41, 5.74) is 6.49. The van der Waals surface area contributed by atoms with Gasteiger partial charge in [0.05, 0.1) is 0 Å². The van der Waals surface area contributed by atoms with Crippen molar-refractivity contribution in [3.63, 3.8) is 0 Å². The van der Waals surface area contributed by atoms with Crippen LogP contribution >= 0.6 is 0 Å². The maximum Gasteiger partial charge on any atom is 0.128 e. The number of hydrogen-bond donors (Lipinski definition) is 1. The van der Waals surface area contributed by atoms with Crippen molar-refractivity contribution in [3.8, 4) is 0 Å². The lowest BCUT2D eigenvalue weighted by molar-refractivity contribution is 0.218. The topological polar surface area (TPSA) is 26.0 Å². The minimum absolute atomic E-state index is 0.0470. The van der Waals surface area contributed by atoms with Crippen LogP contribution in [0, 0.1) is 17.0 Å². The molecule has 2 rings (SSSR count). The zero-order valence-electron chi connectivity index (χ0n) is 10.2. The lowest BCUT2D eigenvalue weighted by Gasteiger charge is -2.34. The first kappa shape index (κ1) is 12.5. The monoisotopic (exact) mass is 239 g/mol. The Balaban J connectivity index is 2.35. The van der Waals surface area contributed by atoms with Crippen LogP contribution in [0.4, 0.5) is 8.78 Å². The summed E-state index contributed by atoms with van der Waals surface area (Å²) in [5, 5.41) is 0. The molecular weight excluding hydrogens is 220 g/mol. The first-order valence-electron chi connectivity index (χ1n) is 6.29. The highest BCUT2D eigenvalue weighted by atomic mass is 19.1. The lowest BCUT2D eigenvalue weighted by atomic mass is 9.74. The molecule has 1 nitrogen and oxygen atoms in total. The second-order valence-electron chi connectivity index (χ2n) is 5.07. The highest BCUT2D eigenvalue weighted by Crippen LogP contribution is 2.49. The van der Waals surface area contributed by atoms with E-state index in [2.05, 4.69) is 6.92 Å². The van der Waals surface area contributed by atoms with Crippen LogP contribution in [-0.2, 0) is 0 Å². The van der Waals surface area contributed by atoms with Crippen LogP contribution in [0.2, 0.25) is 0 Å². The average molecular weight is 239 g/mol. The highest BCUT2D eigenvalue weighted by Gasteiger charge is 2.39. The third kappa shape index (κ3) is 2.21. The first-order chi connectivity index (χ1) is 8.09. The van der Waals surface area contributed by atoms with Gasteiger partial charge in [0.15, 0.2) is 0 Å². The summed E-state index contributed by atoms with van der Waals surface area (Å²) in [6, 6.07) is 3.16. The summed E-state index contributed by atoms with van der Waals surface area (Å²) >= 11 is 0. The number of benzene rings is 1. The van der Waals surface area contributed by atoms with Gasteiger partial charge in [-0.05, 0) is 42.9 Å². The quantitative estimate of drug-likeness (QED) is 0.849. The third-order valence-corrected chi connectivity index (χ3v) is 4.26. The zero-order chi connectivity index (χ0) is 12.5. The molecule has 94 valence electrons. The Bertz CT molecular complexity index is 397. The smallest absolute Gasteiger partial charge is 0.128 e. The molecule has 2 N–H and O–H groups in total. The minimum atomic E-state index is -0.416. The fraction of sp³-hybridized carbons (Fsp3) is 0.571. The molecule has 1 aromatic rings. The van der Waals surface area contributed by atoms with Gasteiger partial charge in [-0.15, -0.1) is 0 Å². The van der Waals surface area contributed by atoms with Crippen molar-refractivity contribution < 1.29 is 8.78 Å². The molecule has 1 aliphatic rings. The molecule has 0 aliphatic heterocycles. The maximum absolute atomic E-state index is 13.7. The molecule has 0 spiro atoms. The maximum atomic E-state index is 13.7. The van der Waals surface area contributed by atoms with E-state index in [0.717, 1.165) is 38.2 Å². The predicted octanol–water partition coefficient (Wildman–Crippen LogP) is 3.94. The fourth-order valence-electron chi connectivity index (χ4n) is 3.05. The van der Waals surface area contributed by atoms with Gasteiger partial charge in [-0.1, -0.05) is 19.8 Å². The van der Waals surface area contributed by atoms with Gasteiger partial charge in [-0.2, -0.15) is 0 Å². The number of halogens is 2. The van der Waals surface area contributed by atoms with E-state index >= 15 is 0 Å². The molecule has 0 bridgehead atoms. The van der Waals surface area contributed by atoms with E-state index in [9.17, 15) is 8.78 Å². The fourth-order valence-corrected chi connectivity index (χ4v) is 3.05. The first-order valence-corrected chi connectivity index (χ1v) is 6.29. The highest BCUT2D eigenvalue weighted by molar-refractivity contribution is 5.24. The number of hydrogen-bond acceptors (Lipinski definition) is 1. The molecule has 1 fully saturated rings. The summed E-state index contributed by atoms with van der Waals surface area (Å²) in [7, 11) is 0. The van der Waals surface area contributed by atoms with Gasteiger partial charge >= 0.3 is 0 Å². The van der Waals surface area contributed by atoms with E-state index < -0.39 is 17.7 Å². The molecular formula is C14H19F2N. The van der Waals surface area contributed by atoms with Gasteiger partial charge < -0.3 is 5.73 Å². The van der Waals surface area contributed by atoms with Crippen molar-refractivity contribution in [3.05, 3.63) is 35.4 Å². The molecule has 0 heterocycles. The van der Waals surface area contributed by atoms with Crippen molar-refractivity contribution in [1.29, 1.82) is 0 Å². The van der Waals surface area contributed by atoms with E-state index in [-0.39, 0.29) is 5.41 Å². The van der Waals surface area contributed by atoms with Crippen LogP contribution in [0.3, 0.4) is 0 Å². The molecule has 3 heteroatoms. The minimum Gasteiger partial charge on any atom is -0.323 e. The molecule has 0 amide bonds. The van der Waals surface area contributed by atoms with Crippen molar-refractivity contribution in [2.75, 3.05) is 0 Å². The van der Waals surface area contributed by atoms with E-state index in [1.54, 1.807) is 0 Å². The van der Waals surface area contributed by atoms with Gasteiger partial charge in [0, 0.05) is 11.6 Å². The van der Waals surface area contributed by atoms with Gasteiger partial charge in [0.2, 0.25) is 0 Å². The largest absolute Gasteiger partial charge is 0.323 e. The molecule has 17 heavy (non-hydrogen) atoms. The van der Waals surface area contributed by atoms with E-state index in [1.807, 2.05) is 0 Å². The van der Waals surface area contributed by atoms with Gasteiger partial charge in [-0.25, -0.2) is 8.78 Å². The Morgan fingerprint density at radius 2 is 1.94 bits per heavy atom. The summed E-state index contributed by atoms with van der Waals surface area (Å²) in [5.74, 6) is -0.806. The molecule has 0 aromatic heterocycles. The van der Waals surface area contributed by atoms with Gasteiger partial charge in [0.1, 0.15) is 11.6 Å². The molecule has 1 atom stereocenters.